The Morgan fingerprint density at radius 2 is 1.77 bits per heavy atom. The minimum absolute atomic E-state index is 0.0937. The molecular formula is C18H16N6O2. The summed E-state index contributed by atoms with van der Waals surface area (Å²) in [5.74, 6) is -0.104. The number of benzene rings is 1. The van der Waals surface area contributed by atoms with Gasteiger partial charge < -0.3 is 4.90 Å². The van der Waals surface area contributed by atoms with Gasteiger partial charge in [-0.3, -0.25) is 19.6 Å². The van der Waals surface area contributed by atoms with E-state index in [9.17, 15) is 9.59 Å². The van der Waals surface area contributed by atoms with E-state index < -0.39 is 0 Å². The number of anilines is 1. The third-order valence-electron chi connectivity index (χ3n) is 5.20. The molecule has 2 unspecified atom stereocenters. The number of carbonyl (C=O) groups excluding carboxylic acids is 2. The van der Waals surface area contributed by atoms with Gasteiger partial charge in [0, 0.05) is 13.1 Å². The van der Waals surface area contributed by atoms with Gasteiger partial charge in [0.1, 0.15) is 12.1 Å². The Balaban J connectivity index is 1.39. The normalized spacial score (nSPS) is 22.5. The van der Waals surface area contributed by atoms with Crippen molar-refractivity contribution >= 4 is 28.7 Å². The highest BCUT2D eigenvalue weighted by Gasteiger charge is 2.52. The minimum atomic E-state index is -0.317. The van der Waals surface area contributed by atoms with Crippen molar-refractivity contribution in [2.75, 3.05) is 18.0 Å². The van der Waals surface area contributed by atoms with Crippen LogP contribution in [-0.4, -0.2) is 50.0 Å². The molecule has 0 spiro atoms. The number of nitrogens with zero attached hydrogens (tertiary/aromatic N) is 5. The number of H-pyrrole nitrogens is 1. The molecule has 5 rings (SSSR count). The minimum Gasteiger partial charge on any atom is -0.354 e. The van der Waals surface area contributed by atoms with Crippen LogP contribution in [0.3, 0.4) is 0 Å². The molecule has 2 aliphatic heterocycles. The standard InChI is InChI=1S/C18H16N6O2/c25-17-13-8-23(16-12-6-21-22-15(12)19-10-20-16)9-14(13)18(26)24(17)7-11-4-2-1-3-5-11/h1-6,10,13-14H,7-9H2,(H,19,20,21,22). The van der Waals surface area contributed by atoms with Gasteiger partial charge in [0.25, 0.3) is 0 Å². The first kappa shape index (κ1) is 15.0. The van der Waals surface area contributed by atoms with Crippen molar-refractivity contribution in [1.29, 1.82) is 0 Å². The molecule has 1 aromatic carbocycles. The molecule has 130 valence electrons. The Labute approximate surface area is 148 Å². The molecule has 1 N–H and O–H groups in total. The van der Waals surface area contributed by atoms with Crippen LogP contribution in [0.5, 0.6) is 0 Å². The summed E-state index contributed by atoms with van der Waals surface area (Å²) in [5, 5.41) is 7.61. The molecule has 4 heterocycles. The molecule has 8 heteroatoms. The number of hydrogen-bond acceptors (Lipinski definition) is 6. The van der Waals surface area contributed by atoms with E-state index in [4.69, 9.17) is 0 Å². The van der Waals surface area contributed by atoms with Crippen molar-refractivity contribution in [1.82, 2.24) is 25.1 Å². The van der Waals surface area contributed by atoms with Crippen LogP contribution in [0.25, 0.3) is 11.0 Å². The molecular weight excluding hydrogens is 332 g/mol. The van der Waals surface area contributed by atoms with Crippen molar-refractivity contribution in [3.63, 3.8) is 0 Å². The van der Waals surface area contributed by atoms with Crippen molar-refractivity contribution in [2.45, 2.75) is 6.54 Å². The third kappa shape index (κ3) is 2.18. The van der Waals surface area contributed by atoms with Crippen molar-refractivity contribution in [3.8, 4) is 0 Å². The van der Waals surface area contributed by atoms with Crippen molar-refractivity contribution in [3.05, 3.63) is 48.4 Å². The highest BCUT2D eigenvalue weighted by Crippen LogP contribution is 2.37. The molecule has 0 aliphatic carbocycles. The van der Waals surface area contributed by atoms with E-state index in [0.717, 1.165) is 10.9 Å². The van der Waals surface area contributed by atoms with E-state index in [0.29, 0.717) is 31.1 Å². The lowest BCUT2D eigenvalue weighted by Gasteiger charge is -2.21. The molecule has 2 fully saturated rings. The first-order valence-electron chi connectivity index (χ1n) is 8.50. The number of carbonyl (C=O) groups is 2. The zero-order valence-corrected chi connectivity index (χ0v) is 13.9. The van der Waals surface area contributed by atoms with Gasteiger partial charge in [0.05, 0.1) is 30.0 Å². The number of aromatic nitrogens is 4. The Morgan fingerprint density at radius 3 is 2.50 bits per heavy atom. The number of fused-ring (bicyclic) bond motifs is 2. The molecule has 8 nitrogen and oxygen atoms in total. The maximum Gasteiger partial charge on any atom is 0.235 e. The quantitative estimate of drug-likeness (QED) is 0.709. The van der Waals surface area contributed by atoms with Gasteiger partial charge in [0.2, 0.25) is 11.8 Å². The number of imide groups is 1. The number of likely N-dealkylation sites (tertiary alicyclic amines) is 1. The first-order chi connectivity index (χ1) is 12.7. The molecule has 3 aromatic rings. The van der Waals surface area contributed by atoms with Gasteiger partial charge in [-0.2, -0.15) is 5.10 Å². The average molecular weight is 348 g/mol. The second-order valence-electron chi connectivity index (χ2n) is 6.70. The lowest BCUT2D eigenvalue weighted by atomic mass is 10.00. The molecule has 0 bridgehead atoms. The third-order valence-corrected chi connectivity index (χ3v) is 5.20. The smallest absolute Gasteiger partial charge is 0.235 e. The van der Waals surface area contributed by atoms with E-state index in [2.05, 4.69) is 20.2 Å². The molecule has 26 heavy (non-hydrogen) atoms. The fraction of sp³-hybridized carbons (Fsp3) is 0.278. The van der Waals surface area contributed by atoms with Crippen LogP contribution >= 0.6 is 0 Å². The van der Waals surface area contributed by atoms with E-state index in [1.165, 1.54) is 11.2 Å². The first-order valence-corrected chi connectivity index (χ1v) is 8.50. The van der Waals surface area contributed by atoms with E-state index in [1.54, 1.807) is 6.20 Å². The maximum absolute atomic E-state index is 12.8. The zero-order chi connectivity index (χ0) is 17.7. The molecule has 0 saturated carbocycles. The molecule has 2 atom stereocenters. The second-order valence-corrected chi connectivity index (χ2v) is 6.70. The van der Waals surface area contributed by atoms with Gasteiger partial charge in [-0.1, -0.05) is 30.3 Å². The SMILES string of the molecule is O=C1C2CN(c3ncnc4[nH]ncc34)CC2C(=O)N1Cc1ccccc1. The summed E-state index contributed by atoms with van der Waals surface area (Å²) in [6.07, 6.45) is 3.14. The van der Waals surface area contributed by atoms with Gasteiger partial charge in [0.15, 0.2) is 5.65 Å². The van der Waals surface area contributed by atoms with Crippen LogP contribution in [0.2, 0.25) is 0 Å². The van der Waals surface area contributed by atoms with Crippen LogP contribution in [-0.2, 0) is 16.1 Å². The highest BCUT2D eigenvalue weighted by molar-refractivity contribution is 6.06. The van der Waals surface area contributed by atoms with Gasteiger partial charge in [-0.05, 0) is 5.56 Å². The summed E-state index contributed by atoms with van der Waals surface area (Å²) < 4.78 is 0. The van der Waals surface area contributed by atoms with Crippen LogP contribution in [0.4, 0.5) is 5.82 Å². The van der Waals surface area contributed by atoms with Crippen molar-refractivity contribution in [2.24, 2.45) is 11.8 Å². The number of amides is 2. The molecule has 2 saturated heterocycles. The lowest BCUT2D eigenvalue weighted by molar-refractivity contribution is -0.140. The van der Waals surface area contributed by atoms with Gasteiger partial charge in [-0.15, -0.1) is 0 Å². The Hall–Kier alpha value is -3.29. The van der Waals surface area contributed by atoms with Gasteiger partial charge in [-0.25, -0.2) is 9.97 Å². The van der Waals surface area contributed by atoms with Crippen molar-refractivity contribution < 1.29 is 9.59 Å². The molecule has 2 aliphatic rings. The van der Waals surface area contributed by atoms with E-state index in [-0.39, 0.29) is 23.7 Å². The number of nitrogens with one attached hydrogen (secondary N) is 1. The topological polar surface area (TPSA) is 95.1 Å². The Bertz CT molecular complexity index is 977. The summed E-state index contributed by atoms with van der Waals surface area (Å²) >= 11 is 0. The number of rotatable bonds is 3. The fourth-order valence-electron chi connectivity index (χ4n) is 3.91. The van der Waals surface area contributed by atoms with Crippen LogP contribution in [0.15, 0.2) is 42.9 Å². The summed E-state index contributed by atoms with van der Waals surface area (Å²) in [7, 11) is 0. The second kappa shape index (κ2) is 5.62. The summed E-state index contributed by atoms with van der Waals surface area (Å²) in [5.41, 5.74) is 1.61. The summed E-state index contributed by atoms with van der Waals surface area (Å²) in [6, 6.07) is 9.60. The Morgan fingerprint density at radius 1 is 1.04 bits per heavy atom. The number of hydrogen-bond donors (Lipinski definition) is 1. The highest BCUT2D eigenvalue weighted by atomic mass is 16.2. The molecule has 0 radical (unpaired) electrons. The maximum atomic E-state index is 12.8. The van der Waals surface area contributed by atoms with Crippen LogP contribution in [0.1, 0.15) is 5.56 Å². The largest absolute Gasteiger partial charge is 0.354 e. The predicted molar refractivity (Wildman–Crippen MR) is 92.9 cm³/mol. The molecule has 2 aromatic heterocycles. The van der Waals surface area contributed by atoms with E-state index in [1.807, 2.05) is 35.2 Å². The Kier molecular flexibility index (Phi) is 3.24. The number of aromatic amines is 1. The summed E-state index contributed by atoms with van der Waals surface area (Å²) in [4.78, 5) is 37.5. The predicted octanol–water partition coefficient (Wildman–Crippen LogP) is 0.974. The van der Waals surface area contributed by atoms with E-state index >= 15 is 0 Å². The molecule has 2 amide bonds. The fourth-order valence-corrected chi connectivity index (χ4v) is 3.91. The zero-order valence-electron chi connectivity index (χ0n) is 13.9. The van der Waals surface area contributed by atoms with Crippen LogP contribution < -0.4 is 4.90 Å². The van der Waals surface area contributed by atoms with Gasteiger partial charge >= 0.3 is 0 Å². The average Bonchev–Trinajstić information content (AvgIpc) is 3.36. The monoisotopic (exact) mass is 348 g/mol. The summed E-state index contributed by atoms with van der Waals surface area (Å²) in [6.45, 7) is 1.31. The lowest BCUT2D eigenvalue weighted by Crippen LogP contribution is -2.35. The van der Waals surface area contributed by atoms with Crippen LogP contribution in [0, 0.1) is 11.8 Å².